The fourth-order valence-electron chi connectivity index (χ4n) is 1.73. The molecule has 0 aromatic rings. The van der Waals surface area contributed by atoms with Gasteiger partial charge in [-0.05, 0) is 30.5 Å². The highest BCUT2D eigenvalue weighted by Gasteiger charge is 2.08. The van der Waals surface area contributed by atoms with Gasteiger partial charge in [-0.2, -0.15) is 0 Å². The summed E-state index contributed by atoms with van der Waals surface area (Å²) in [5, 5.41) is 10.7. The summed E-state index contributed by atoms with van der Waals surface area (Å²) in [5.74, 6) is 0. The van der Waals surface area contributed by atoms with Gasteiger partial charge < -0.3 is 10.7 Å². The molecule has 0 aliphatic heterocycles. The van der Waals surface area contributed by atoms with Crippen molar-refractivity contribution in [1.29, 1.82) is 0 Å². The van der Waals surface area contributed by atoms with Crippen LogP contribution in [0.4, 0.5) is 0 Å². The highest BCUT2D eigenvalue weighted by molar-refractivity contribution is 5.76. The minimum absolute atomic E-state index is 0.534. The molecule has 0 saturated heterocycles. The predicted octanol–water partition coefficient (Wildman–Crippen LogP) is 3.67. The lowest BCUT2D eigenvalue weighted by Crippen LogP contribution is -2.31. The van der Waals surface area contributed by atoms with Gasteiger partial charge in [-0.15, -0.1) is 0 Å². The highest BCUT2D eigenvalue weighted by Crippen LogP contribution is 2.26. The molecule has 0 unspecified atom stereocenters. The average molecular weight is 226 g/mol. The van der Waals surface area contributed by atoms with Crippen molar-refractivity contribution in [3.63, 3.8) is 0 Å². The van der Waals surface area contributed by atoms with Gasteiger partial charge in [0.15, 0.2) is 0 Å². The van der Waals surface area contributed by atoms with Crippen LogP contribution in [-0.4, -0.2) is 5.54 Å². The molecule has 0 atom stereocenters. The minimum atomic E-state index is -0.534. The second-order valence-electron chi connectivity index (χ2n) is 4.73. The van der Waals surface area contributed by atoms with Crippen LogP contribution in [0.3, 0.4) is 0 Å². The highest BCUT2D eigenvalue weighted by atomic mass is 16.5. The van der Waals surface area contributed by atoms with Crippen LogP contribution >= 0.6 is 0 Å². The number of hydroxylamine groups is 1. The Morgan fingerprint density at radius 3 is 2.53 bits per heavy atom. The second kappa shape index (κ2) is 4.70. The summed E-state index contributed by atoms with van der Waals surface area (Å²) in [6.07, 6.45) is 3.88. The molecule has 0 amide bonds. The third-order valence-electron chi connectivity index (χ3n) is 2.77. The van der Waals surface area contributed by atoms with E-state index in [0.29, 0.717) is 0 Å². The molecule has 2 aliphatic carbocycles. The maximum absolute atomic E-state index is 10.7. The van der Waals surface area contributed by atoms with E-state index in [1.165, 1.54) is 11.1 Å². The van der Waals surface area contributed by atoms with Crippen molar-refractivity contribution in [2.45, 2.75) is 19.4 Å². The van der Waals surface area contributed by atoms with Gasteiger partial charge in [0.05, 0.1) is 0 Å². The lowest BCUT2D eigenvalue weighted by Gasteiger charge is -2.26. The Morgan fingerprint density at radius 1 is 1.06 bits per heavy atom. The normalized spacial score (nSPS) is 12.4. The minimum Gasteiger partial charge on any atom is -0.787 e. The molecule has 0 aromatic carbocycles. The number of hydrogen-bond acceptors (Lipinski definition) is 2. The van der Waals surface area contributed by atoms with Crippen molar-refractivity contribution in [1.82, 2.24) is 5.48 Å². The van der Waals surface area contributed by atoms with E-state index in [4.69, 9.17) is 0 Å². The van der Waals surface area contributed by atoms with Crippen LogP contribution in [0.5, 0.6) is 0 Å². The molecule has 0 spiro atoms. The molecule has 2 rings (SSSR count). The van der Waals surface area contributed by atoms with Gasteiger partial charge in [0.2, 0.25) is 0 Å². The molecular weight excluding hydrogens is 210 g/mol. The number of rotatable bonds is 3. The molecule has 1 N–H and O–H groups in total. The second-order valence-corrected chi connectivity index (χ2v) is 4.73. The Kier molecular flexibility index (Phi) is 3.27. The van der Waals surface area contributed by atoms with Gasteiger partial charge in [0.1, 0.15) is 0 Å². The van der Waals surface area contributed by atoms with Crippen LogP contribution in [0.15, 0.2) is 48.5 Å². The van der Waals surface area contributed by atoms with Crippen molar-refractivity contribution in [3.8, 4) is 11.1 Å². The zero-order valence-electron chi connectivity index (χ0n) is 10.1. The van der Waals surface area contributed by atoms with Crippen molar-refractivity contribution in [3.05, 3.63) is 59.3 Å². The fourth-order valence-corrected chi connectivity index (χ4v) is 1.73. The molecule has 2 heteroatoms. The number of fused-ring (bicyclic) bond motifs is 1. The van der Waals surface area contributed by atoms with E-state index in [1.54, 1.807) is 0 Å². The molecule has 88 valence electrons. The summed E-state index contributed by atoms with van der Waals surface area (Å²) < 4.78 is 0. The SMILES string of the molecule is CC(C)(C=Cc1ccccc2cccc1-2)N[O-]. The van der Waals surface area contributed by atoms with Gasteiger partial charge in [-0.3, -0.25) is 0 Å². The van der Waals surface area contributed by atoms with E-state index < -0.39 is 5.54 Å². The summed E-state index contributed by atoms with van der Waals surface area (Å²) in [5.41, 5.74) is 5.03. The average Bonchev–Trinajstić information content (AvgIpc) is 2.69. The van der Waals surface area contributed by atoms with Crippen LogP contribution in [-0.2, 0) is 0 Å². The standard InChI is InChI=1S/C15H16NO/c1-15(2,16-17)11-10-13-7-4-3-6-12-8-5-9-14(12)13/h3-11,16H,1-2H3/q-1. The molecule has 0 bridgehead atoms. The molecule has 0 heterocycles. The predicted molar refractivity (Wildman–Crippen MR) is 72.7 cm³/mol. The van der Waals surface area contributed by atoms with Crippen LogP contribution in [0.25, 0.3) is 17.2 Å². The monoisotopic (exact) mass is 226 g/mol. The Hall–Kier alpha value is -1.64. The Bertz CT molecular complexity index is 502. The molecule has 0 fully saturated rings. The number of hydrogen-bond donors (Lipinski definition) is 1. The van der Waals surface area contributed by atoms with Crippen LogP contribution in [0.1, 0.15) is 19.4 Å². The molecular formula is C15H16NO-. The van der Waals surface area contributed by atoms with Crippen molar-refractivity contribution in [2.24, 2.45) is 0 Å². The first kappa shape index (κ1) is 11.8. The topological polar surface area (TPSA) is 35.1 Å². The molecule has 0 aromatic heterocycles. The smallest absolute Gasteiger partial charge is 0.0196 e. The van der Waals surface area contributed by atoms with Crippen molar-refractivity contribution < 1.29 is 0 Å². The first-order valence-corrected chi connectivity index (χ1v) is 5.69. The summed E-state index contributed by atoms with van der Waals surface area (Å²) >= 11 is 0. The van der Waals surface area contributed by atoms with Gasteiger partial charge in [0, 0.05) is 5.54 Å². The Labute approximate surface area is 102 Å². The van der Waals surface area contributed by atoms with E-state index in [-0.39, 0.29) is 0 Å². The van der Waals surface area contributed by atoms with Crippen molar-refractivity contribution >= 4 is 6.08 Å². The van der Waals surface area contributed by atoms with Crippen LogP contribution < -0.4 is 5.48 Å². The summed E-state index contributed by atoms with van der Waals surface area (Å²) in [7, 11) is 0. The van der Waals surface area contributed by atoms with E-state index >= 15 is 0 Å². The molecule has 0 saturated carbocycles. The fraction of sp³-hybridized carbons (Fsp3) is 0.200. The largest absolute Gasteiger partial charge is 0.787 e. The van der Waals surface area contributed by atoms with Crippen molar-refractivity contribution in [2.75, 3.05) is 0 Å². The van der Waals surface area contributed by atoms with E-state index in [2.05, 4.69) is 24.3 Å². The first-order chi connectivity index (χ1) is 8.12. The maximum Gasteiger partial charge on any atom is 0.0196 e. The summed E-state index contributed by atoms with van der Waals surface area (Å²) in [4.78, 5) is 0. The molecule has 2 nitrogen and oxygen atoms in total. The Balaban J connectivity index is 2.39. The third-order valence-corrected chi connectivity index (χ3v) is 2.77. The summed E-state index contributed by atoms with van der Waals surface area (Å²) in [6.45, 7) is 3.70. The van der Waals surface area contributed by atoms with Gasteiger partial charge in [0.25, 0.3) is 0 Å². The zero-order chi connectivity index (χ0) is 12.3. The van der Waals surface area contributed by atoms with E-state index in [9.17, 15) is 5.21 Å². The van der Waals surface area contributed by atoms with Crippen LogP contribution in [0, 0.1) is 5.21 Å². The lowest BCUT2D eigenvalue weighted by atomic mass is 10.0. The van der Waals surface area contributed by atoms with Crippen LogP contribution in [0.2, 0.25) is 0 Å². The number of nitrogens with one attached hydrogen (secondary N) is 1. The Morgan fingerprint density at radius 2 is 1.76 bits per heavy atom. The third kappa shape index (κ3) is 2.73. The van der Waals surface area contributed by atoms with Gasteiger partial charge in [-0.1, -0.05) is 54.6 Å². The quantitative estimate of drug-likeness (QED) is 0.810. The maximum atomic E-state index is 10.7. The van der Waals surface area contributed by atoms with Gasteiger partial charge in [-0.25, -0.2) is 0 Å². The summed E-state index contributed by atoms with van der Waals surface area (Å²) in [6, 6.07) is 14.4. The zero-order valence-corrected chi connectivity index (χ0v) is 10.1. The lowest BCUT2D eigenvalue weighted by molar-refractivity contribution is 0.557. The molecule has 0 radical (unpaired) electrons. The molecule has 17 heavy (non-hydrogen) atoms. The first-order valence-electron chi connectivity index (χ1n) is 5.69. The van der Waals surface area contributed by atoms with Gasteiger partial charge >= 0.3 is 0 Å². The molecule has 2 aliphatic rings. The van der Waals surface area contributed by atoms with E-state index in [0.717, 1.165) is 5.56 Å². The van der Waals surface area contributed by atoms with E-state index in [1.807, 2.05) is 49.7 Å².